The zero-order valence-corrected chi connectivity index (χ0v) is 12.1. The minimum absolute atomic E-state index is 0.0585. The number of carbonyl (C=O) groups is 1. The maximum absolute atomic E-state index is 12.9. The van der Waals surface area contributed by atoms with Crippen LogP contribution in [0, 0.1) is 5.41 Å². The maximum Gasteiger partial charge on any atom is 0.255 e. The summed E-state index contributed by atoms with van der Waals surface area (Å²) in [4.78, 5) is 21.4. The Morgan fingerprint density at radius 1 is 1.29 bits per heavy atom. The van der Waals surface area contributed by atoms with E-state index in [1.165, 1.54) is 11.3 Å². The van der Waals surface area contributed by atoms with Crippen molar-refractivity contribution < 1.29 is 4.79 Å². The van der Waals surface area contributed by atoms with E-state index in [0.717, 1.165) is 36.8 Å². The van der Waals surface area contributed by atoms with Gasteiger partial charge in [0.1, 0.15) is 6.33 Å². The third-order valence-corrected chi connectivity index (χ3v) is 4.53. The van der Waals surface area contributed by atoms with Gasteiger partial charge in [-0.2, -0.15) is 15.2 Å². The number of aryl methyl sites for hydroxylation is 1. The third-order valence-electron chi connectivity index (χ3n) is 4.53. The normalized spacial score (nSPS) is 20.8. The molecule has 2 aliphatic rings. The molecule has 7 heteroatoms. The summed E-state index contributed by atoms with van der Waals surface area (Å²) in [5, 5.41) is 10.8. The minimum atomic E-state index is -0.259. The second-order valence-corrected chi connectivity index (χ2v) is 5.97. The van der Waals surface area contributed by atoms with E-state index < -0.39 is 0 Å². The molecule has 2 aromatic heterocycles. The van der Waals surface area contributed by atoms with Gasteiger partial charge in [-0.3, -0.25) is 9.48 Å². The number of anilines is 1. The molecule has 21 heavy (non-hydrogen) atoms. The van der Waals surface area contributed by atoms with Crippen LogP contribution in [0.1, 0.15) is 32.6 Å². The molecule has 4 rings (SSSR count). The van der Waals surface area contributed by atoms with Crippen LogP contribution in [0.5, 0.6) is 0 Å². The predicted molar refractivity (Wildman–Crippen MR) is 77.8 cm³/mol. The molecule has 0 N–H and O–H groups in total. The summed E-state index contributed by atoms with van der Waals surface area (Å²) >= 11 is 0. The van der Waals surface area contributed by atoms with Gasteiger partial charge in [-0.05, 0) is 19.8 Å². The Hall–Kier alpha value is -2.31. The summed E-state index contributed by atoms with van der Waals surface area (Å²) in [6, 6.07) is 0. The molecule has 1 amide bonds. The van der Waals surface area contributed by atoms with E-state index in [1.54, 1.807) is 10.9 Å². The van der Waals surface area contributed by atoms with Crippen molar-refractivity contribution in [3.05, 3.63) is 12.5 Å². The third kappa shape index (κ3) is 1.63. The van der Waals surface area contributed by atoms with Crippen LogP contribution in [0.15, 0.2) is 17.6 Å². The number of nitrogens with zero attached hydrogens (tertiary/aromatic N) is 6. The standard InChI is InChI=1S/C14H16N6O/c1-9-6-14(4-3-5-14)13(21)20(18-9)12-10-7-17-19(2)11(10)15-8-16-12/h7-8H,3-6H2,1-2H3. The van der Waals surface area contributed by atoms with Crippen LogP contribution in [-0.4, -0.2) is 31.4 Å². The van der Waals surface area contributed by atoms with Gasteiger partial charge in [0, 0.05) is 19.2 Å². The van der Waals surface area contributed by atoms with Crippen LogP contribution < -0.4 is 5.01 Å². The van der Waals surface area contributed by atoms with Crippen molar-refractivity contribution in [1.29, 1.82) is 0 Å². The second kappa shape index (κ2) is 4.09. The molecule has 7 nitrogen and oxygen atoms in total. The average Bonchev–Trinajstić information content (AvgIpc) is 2.81. The maximum atomic E-state index is 12.9. The number of carbonyl (C=O) groups excluding carboxylic acids is 1. The Kier molecular flexibility index (Phi) is 2.42. The highest BCUT2D eigenvalue weighted by molar-refractivity contribution is 6.08. The average molecular weight is 284 g/mol. The van der Waals surface area contributed by atoms with Crippen LogP contribution in [0.2, 0.25) is 0 Å². The van der Waals surface area contributed by atoms with Crippen molar-refractivity contribution in [2.24, 2.45) is 17.6 Å². The monoisotopic (exact) mass is 284 g/mol. The van der Waals surface area contributed by atoms with E-state index in [9.17, 15) is 4.79 Å². The molecular weight excluding hydrogens is 268 g/mol. The summed E-state index contributed by atoms with van der Waals surface area (Å²) in [5.74, 6) is 0.589. The van der Waals surface area contributed by atoms with Gasteiger partial charge < -0.3 is 0 Å². The summed E-state index contributed by atoms with van der Waals surface area (Å²) in [6.45, 7) is 1.97. The number of aromatic nitrogens is 4. The number of fused-ring (bicyclic) bond motifs is 1. The fourth-order valence-electron chi connectivity index (χ4n) is 3.30. The van der Waals surface area contributed by atoms with Crippen molar-refractivity contribution in [3.63, 3.8) is 0 Å². The molecule has 3 heterocycles. The van der Waals surface area contributed by atoms with Gasteiger partial charge in [0.15, 0.2) is 11.5 Å². The first-order chi connectivity index (χ1) is 10.1. The molecule has 0 bridgehead atoms. The fourth-order valence-corrected chi connectivity index (χ4v) is 3.30. The number of rotatable bonds is 1. The van der Waals surface area contributed by atoms with Crippen molar-refractivity contribution in [2.45, 2.75) is 32.6 Å². The number of hydrogen-bond acceptors (Lipinski definition) is 5. The first-order valence-electron chi connectivity index (χ1n) is 7.12. The van der Waals surface area contributed by atoms with E-state index >= 15 is 0 Å². The molecular formula is C14H16N6O. The fraction of sp³-hybridized carbons (Fsp3) is 0.500. The summed E-state index contributed by atoms with van der Waals surface area (Å²) in [5.41, 5.74) is 1.42. The Morgan fingerprint density at radius 2 is 2.10 bits per heavy atom. The van der Waals surface area contributed by atoms with Gasteiger partial charge in [0.25, 0.3) is 5.91 Å². The Labute approximate surface area is 121 Å². The zero-order valence-electron chi connectivity index (χ0n) is 12.1. The van der Waals surface area contributed by atoms with E-state index in [4.69, 9.17) is 0 Å². The van der Waals surface area contributed by atoms with E-state index in [0.29, 0.717) is 11.5 Å². The minimum Gasteiger partial charge on any atom is -0.272 e. The molecule has 1 spiro atoms. The highest BCUT2D eigenvalue weighted by Crippen LogP contribution is 2.48. The van der Waals surface area contributed by atoms with E-state index in [-0.39, 0.29) is 11.3 Å². The Balaban J connectivity index is 1.87. The van der Waals surface area contributed by atoms with Gasteiger partial charge in [-0.1, -0.05) is 6.42 Å². The van der Waals surface area contributed by atoms with Gasteiger partial charge in [-0.25, -0.2) is 9.97 Å². The van der Waals surface area contributed by atoms with Crippen molar-refractivity contribution in [3.8, 4) is 0 Å². The molecule has 0 saturated heterocycles. The van der Waals surface area contributed by atoms with Crippen LogP contribution in [-0.2, 0) is 11.8 Å². The SMILES string of the molecule is CC1=NN(c2ncnc3c2cnn3C)C(=O)C2(CCC2)C1. The molecule has 1 aliphatic heterocycles. The highest BCUT2D eigenvalue weighted by Gasteiger charge is 2.49. The lowest BCUT2D eigenvalue weighted by atomic mass is 9.64. The Morgan fingerprint density at radius 3 is 2.81 bits per heavy atom. The molecule has 1 fully saturated rings. The highest BCUT2D eigenvalue weighted by atomic mass is 16.2. The number of hydrazone groups is 1. The first-order valence-corrected chi connectivity index (χ1v) is 7.12. The lowest BCUT2D eigenvalue weighted by Gasteiger charge is -2.44. The molecule has 0 aromatic carbocycles. The quantitative estimate of drug-likeness (QED) is 0.797. The van der Waals surface area contributed by atoms with E-state index in [1.807, 2.05) is 14.0 Å². The molecule has 108 valence electrons. The van der Waals surface area contributed by atoms with Crippen LogP contribution >= 0.6 is 0 Å². The van der Waals surface area contributed by atoms with Crippen LogP contribution in [0.3, 0.4) is 0 Å². The molecule has 2 aromatic rings. The van der Waals surface area contributed by atoms with Gasteiger partial charge in [-0.15, -0.1) is 0 Å². The van der Waals surface area contributed by atoms with E-state index in [2.05, 4.69) is 20.2 Å². The predicted octanol–water partition coefficient (Wildman–Crippen LogP) is 1.65. The first kappa shape index (κ1) is 12.4. The Bertz CT molecular complexity index is 773. The smallest absolute Gasteiger partial charge is 0.255 e. The second-order valence-electron chi connectivity index (χ2n) is 5.97. The molecule has 1 aliphatic carbocycles. The number of amides is 1. The summed E-state index contributed by atoms with van der Waals surface area (Å²) in [7, 11) is 1.82. The molecule has 1 saturated carbocycles. The number of hydrogen-bond donors (Lipinski definition) is 0. The molecule has 0 atom stereocenters. The summed E-state index contributed by atoms with van der Waals surface area (Å²) in [6.07, 6.45) is 6.90. The lowest BCUT2D eigenvalue weighted by molar-refractivity contribution is -0.133. The van der Waals surface area contributed by atoms with Gasteiger partial charge in [0.2, 0.25) is 0 Å². The largest absolute Gasteiger partial charge is 0.272 e. The molecule has 0 radical (unpaired) electrons. The van der Waals surface area contributed by atoms with Crippen molar-refractivity contribution >= 4 is 28.5 Å². The summed E-state index contributed by atoms with van der Waals surface area (Å²) < 4.78 is 1.67. The van der Waals surface area contributed by atoms with Crippen LogP contribution in [0.4, 0.5) is 5.82 Å². The van der Waals surface area contributed by atoms with Crippen LogP contribution in [0.25, 0.3) is 11.0 Å². The zero-order chi connectivity index (χ0) is 14.6. The van der Waals surface area contributed by atoms with Crippen molar-refractivity contribution in [1.82, 2.24) is 19.7 Å². The van der Waals surface area contributed by atoms with Crippen molar-refractivity contribution in [2.75, 3.05) is 5.01 Å². The van der Waals surface area contributed by atoms with Gasteiger partial charge >= 0.3 is 0 Å². The van der Waals surface area contributed by atoms with Gasteiger partial charge in [0.05, 0.1) is 17.0 Å². The lowest BCUT2D eigenvalue weighted by Crippen LogP contribution is -2.50. The topological polar surface area (TPSA) is 76.3 Å². The molecule has 0 unspecified atom stereocenters.